The lowest BCUT2D eigenvalue weighted by Gasteiger charge is -2.13. The van der Waals surface area contributed by atoms with Crippen LogP contribution < -0.4 is 4.48 Å². The third kappa shape index (κ3) is 1.18. The predicted molar refractivity (Wildman–Crippen MR) is 60.3 cm³/mol. The van der Waals surface area contributed by atoms with Gasteiger partial charge < -0.3 is 0 Å². The van der Waals surface area contributed by atoms with E-state index in [4.69, 9.17) is 0 Å². The number of quaternary nitrogens is 1. The van der Waals surface area contributed by atoms with Crippen LogP contribution in [-0.2, 0) is 9.84 Å². The van der Waals surface area contributed by atoms with Crippen molar-refractivity contribution in [3.8, 4) is 0 Å². The molecule has 2 aliphatic heterocycles. The van der Waals surface area contributed by atoms with Crippen LogP contribution in [0.25, 0.3) is 0 Å². The van der Waals surface area contributed by atoms with E-state index in [0.717, 1.165) is 18.8 Å². The third-order valence-electron chi connectivity index (χ3n) is 3.64. The molecule has 0 radical (unpaired) electrons. The molecule has 15 heavy (non-hydrogen) atoms. The molecule has 1 aromatic carbocycles. The summed E-state index contributed by atoms with van der Waals surface area (Å²) in [7, 11) is -2.80. The number of nitrogens with zero attached hydrogens (tertiary/aromatic N) is 1. The fraction of sp³-hybridized carbons (Fsp3) is 0.455. The first-order chi connectivity index (χ1) is 7.05. The van der Waals surface area contributed by atoms with Crippen LogP contribution in [0.15, 0.2) is 24.3 Å². The molecule has 3 nitrogen and oxygen atoms in total. The lowest BCUT2D eigenvalue weighted by atomic mass is 10.2. The van der Waals surface area contributed by atoms with Gasteiger partial charge >= 0.3 is 0 Å². The van der Waals surface area contributed by atoms with E-state index >= 15 is 0 Å². The van der Waals surface area contributed by atoms with Gasteiger partial charge in [-0.3, -0.25) is 4.48 Å². The quantitative estimate of drug-likeness (QED) is 0.528. The van der Waals surface area contributed by atoms with Gasteiger partial charge in [0.2, 0.25) is 15.2 Å². The summed E-state index contributed by atoms with van der Waals surface area (Å²) in [6.07, 6.45) is 0. The van der Waals surface area contributed by atoms with Crippen molar-refractivity contribution in [1.29, 1.82) is 0 Å². The Morgan fingerprint density at radius 1 is 1.27 bits per heavy atom. The summed E-state index contributed by atoms with van der Waals surface area (Å²) in [5.74, 6) is 0.353. The Morgan fingerprint density at radius 3 is 2.40 bits per heavy atom. The maximum Gasteiger partial charge on any atom is 0.245 e. The fourth-order valence-corrected chi connectivity index (χ4v) is 4.74. The molecule has 1 aromatic rings. The average Bonchev–Trinajstić information content (AvgIpc) is 2.88. The van der Waals surface area contributed by atoms with Gasteiger partial charge in [-0.25, -0.2) is 8.42 Å². The molecular formula is C11H14NO2S+. The molecule has 2 atom stereocenters. The number of hydrogen-bond acceptors (Lipinski definition) is 2. The van der Waals surface area contributed by atoms with Crippen molar-refractivity contribution in [3.63, 3.8) is 0 Å². The van der Waals surface area contributed by atoms with Crippen LogP contribution in [0.2, 0.25) is 0 Å². The van der Waals surface area contributed by atoms with Crippen molar-refractivity contribution in [1.82, 2.24) is 4.48 Å². The van der Waals surface area contributed by atoms with Crippen molar-refractivity contribution in [2.45, 2.75) is 12.3 Å². The Labute approximate surface area is 89.8 Å². The SMILES string of the molecule is Cc1ccc([N+]23CCS(=O)(=O)C2C3)cc1. The highest BCUT2D eigenvalue weighted by Crippen LogP contribution is 2.45. The zero-order valence-corrected chi connectivity index (χ0v) is 9.50. The number of hydrogen-bond donors (Lipinski definition) is 0. The van der Waals surface area contributed by atoms with E-state index < -0.39 is 9.84 Å². The highest BCUT2D eigenvalue weighted by molar-refractivity contribution is 7.92. The number of aryl methyl sites for hydroxylation is 1. The van der Waals surface area contributed by atoms with E-state index in [1.807, 2.05) is 6.92 Å². The number of fused-ring (bicyclic) bond motifs is 1. The molecule has 0 aliphatic carbocycles. The van der Waals surface area contributed by atoms with Gasteiger partial charge in [0.15, 0.2) is 6.54 Å². The number of benzene rings is 1. The summed E-state index contributed by atoms with van der Waals surface area (Å²) < 4.78 is 23.9. The first-order valence-electron chi connectivity index (χ1n) is 5.20. The number of rotatable bonds is 1. The molecule has 2 saturated heterocycles. The summed E-state index contributed by atoms with van der Waals surface area (Å²) in [6.45, 7) is 3.59. The Balaban J connectivity index is 2.02. The van der Waals surface area contributed by atoms with Gasteiger partial charge in [-0.15, -0.1) is 0 Å². The van der Waals surface area contributed by atoms with E-state index in [9.17, 15) is 8.42 Å². The van der Waals surface area contributed by atoms with Gasteiger partial charge in [0.05, 0.1) is 6.54 Å². The maximum absolute atomic E-state index is 11.6. The summed E-state index contributed by atoms with van der Waals surface area (Å²) in [6, 6.07) is 8.25. The molecule has 0 amide bonds. The first-order valence-corrected chi connectivity index (χ1v) is 6.92. The second-order valence-corrected chi connectivity index (χ2v) is 6.88. The molecule has 0 saturated carbocycles. The second kappa shape index (κ2) is 2.62. The molecule has 3 rings (SSSR count). The maximum atomic E-state index is 11.6. The zero-order valence-electron chi connectivity index (χ0n) is 8.68. The van der Waals surface area contributed by atoms with Crippen LogP contribution in [0.4, 0.5) is 5.69 Å². The van der Waals surface area contributed by atoms with Crippen molar-refractivity contribution in [2.24, 2.45) is 0 Å². The topological polar surface area (TPSA) is 34.1 Å². The van der Waals surface area contributed by atoms with Crippen molar-refractivity contribution < 1.29 is 8.42 Å². The van der Waals surface area contributed by atoms with Crippen LogP contribution in [0.5, 0.6) is 0 Å². The minimum Gasteiger partial charge on any atom is -0.265 e. The van der Waals surface area contributed by atoms with E-state index in [2.05, 4.69) is 24.3 Å². The average molecular weight is 224 g/mol. The molecule has 80 valence electrons. The highest BCUT2D eigenvalue weighted by Gasteiger charge is 2.68. The minimum absolute atomic E-state index is 0.139. The summed E-state index contributed by atoms with van der Waals surface area (Å²) in [5, 5.41) is -0.139. The Hall–Kier alpha value is -0.870. The number of sulfone groups is 1. The van der Waals surface area contributed by atoms with Gasteiger partial charge in [0.25, 0.3) is 0 Å². The molecule has 2 heterocycles. The van der Waals surface area contributed by atoms with Crippen molar-refractivity contribution in [2.75, 3.05) is 18.8 Å². The Kier molecular flexibility index (Phi) is 1.64. The molecule has 0 aromatic heterocycles. The van der Waals surface area contributed by atoms with Crippen LogP contribution in [0, 0.1) is 6.92 Å². The standard InChI is InChI=1S/C11H14NO2S/c1-9-2-4-10(5-3-9)12-6-7-15(13,14)11(12)8-12/h2-5,11H,6-8H2,1H3/q+1. The van der Waals surface area contributed by atoms with Crippen molar-refractivity contribution >= 4 is 15.5 Å². The molecule has 0 N–H and O–H groups in total. The van der Waals surface area contributed by atoms with E-state index in [1.165, 1.54) is 5.56 Å². The monoisotopic (exact) mass is 224 g/mol. The summed E-state index contributed by atoms with van der Waals surface area (Å²) in [5.41, 5.74) is 2.38. The third-order valence-corrected chi connectivity index (χ3v) is 5.77. The van der Waals surface area contributed by atoms with Crippen LogP contribution in [-0.4, -0.2) is 32.6 Å². The van der Waals surface area contributed by atoms with Crippen molar-refractivity contribution in [3.05, 3.63) is 29.8 Å². The molecule has 4 heteroatoms. The largest absolute Gasteiger partial charge is 0.265 e. The van der Waals surface area contributed by atoms with Gasteiger partial charge in [0, 0.05) is 0 Å². The van der Waals surface area contributed by atoms with Gasteiger partial charge in [-0.1, -0.05) is 17.7 Å². The molecule has 0 bridgehead atoms. The van der Waals surface area contributed by atoms with E-state index in [1.54, 1.807) is 0 Å². The van der Waals surface area contributed by atoms with Crippen LogP contribution in [0.1, 0.15) is 5.56 Å². The fourth-order valence-electron chi connectivity index (χ4n) is 2.56. The predicted octanol–water partition coefficient (Wildman–Crippen LogP) is 1.07. The minimum atomic E-state index is -2.80. The van der Waals surface area contributed by atoms with E-state index in [0.29, 0.717) is 10.2 Å². The molecule has 2 unspecified atom stereocenters. The van der Waals surface area contributed by atoms with Gasteiger partial charge in [-0.2, -0.15) is 0 Å². The molecule has 2 fully saturated rings. The Bertz CT molecular complexity index is 506. The zero-order chi connectivity index (χ0) is 10.7. The highest BCUT2D eigenvalue weighted by atomic mass is 32.2. The van der Waals surface area contributed by atoms with Gasteiger partial charge in [0.1, 0.15) is 11.4 Å². The normalized spacial score (nSPS) is 36.2. The lowest BCUT2D eigenvalue weighted by molar-refractivity contribution is 0.578. The molecule has 2 aliphatic rings. The van der Waals surface area contributed by atoms with Gasteiger partial charge in [-0.05, 0) is 19.1 Å². The van der Waals surface area contributed by atoms with E-state index in [-0.39, 0.29) is 5.37 Å². The molecular weight excluding hydrogens is 210 g/mol. The van der Waals surface area contributed by atoms with Crippen LogP contribution in [0.3, 0.4) is 0 Å². The second-order valence-electron chi connectivity index (χ2n) is 4.60. The lowest BCUT2D eigenvalue weighted by Crippen LogP contribution is -2.26. The smallest absolute Gasteiger partial charge is 0.245 e. The first kappa shape index (κ1) is 9.36. The summed E-state index contributed by atoms with van der Waals surface area (Å²) in [4.78, 5) is 0. The molecule has 0 spiro atoms. The Morgan fingerprint density at radius 2 is 1.93 bits per heavy atom. The summed E-state index contributed by atoms with van der Waals surface area (Å²) >= 11 is 0. The van der Waals surface area contributed by atoms with Crippen LogP contribution >= 0.6 is 0 Å².